The SMILES string of the molecule is CCCCCCCCCCCCCCCCSc1c[c]cc(SCCCCCCCCCCCCCCCC)c1SCCCCCCCCCCCCCCCC. The summed E-state index contributed by atoms with van der Waals surface area (Å²) < 4.78 is 0. The number of hydrogen-bond donors (Lipinski definition) is 0. The Bertz CT molecular complexity index is 847. The van der Waals surface area contributed by atoms with Crippen molar-refractivity contribution in [3.63, 3.8) is 0 Å². The molecule has 1 radical (unpaired) electrons. The highest BCUT2D eigenvalue weighted by Crippen LogP contribution is 2.40. The van der Waals surface area contributed by atoms with Crippen LogP contribution in [0.1, 0.15) is 290 Å². The molecule has 57 heavy (non-hydrogen) atoms. The number of hydrogen-bond acceptors (Lipinski definition) is 3. The summed E-state index contributed by atoms with van der Waals surface area (Å²) in [5.41, 5.74) is 0. The van der Waals surface area contributed by atoms with Gasteiger partial charge in [-0.2, -0.15) is 0 Å². The zero-order valence-corrected chi connectivity index (χ0v) is 41.6. The van der Waals surface area contributed by atoms with Crippen LogP contribution in [0.15, 0.2) is 26.8 Å². The molecule has 0 N–H and O–H groups in total. The Morgan fingerprint density at radius 1 is 0.263 bits per heavy atom. The monoisotopic (exact) mass is 846 g/mol. The summed E-state index contributed by atoms with van der Waals surface area (Å²) in [7, 11) is 0. The Labute approximate surface area is 373 Å². The highest BCUT2D eigenvalue weighted by atomic mass is 32.2. The fraction of sp³-hybridized carbons (Fsp3) is 0.889. The zero-order chi connectivity index (χ0) is 40.8. The molecule has 0 bridgehead atoms. The van der Waals surface area contributed by atoms with Crippen molar-refractivity contribution in [1.82, 2.24) is 0 Å². The topological polar surface area (TPSA) is 0 Å². The van der Waals surface area contributed by atoms with Crippen LogP contribution in [0.25, 0.3) is 0 Å². The van der Waals surface area contributed by atoms with E-state index in [0.29, 0.717) is 0 Å². The van der Waals surface area contributed by atoms with Crippen LogP contribution in [0.2, 0.25) is 0 Å². The molecular formula is C54H101S3. The van der Waals surface area contributed by atoms with Crippen molar-refractivity contribution >= 4 is 35.3 Å². The van der Waals surface area contributed by atoms with Gasteiger partial charge in [0.1, 0.15) is 0 Å². The molecule has 0 saturated carbocycles. The molecule has 0 unspecified atom stereocenters. The van der Waals surface area contributed by atoms with Gasteiger partial charge in [0.2, 0.25) is 0 Å². The van der Waals surface area contributed by atoms with Crippen molar-refractivity contribution in [2.45, 2.75) is 305 Å². The minimum Gasteiger partial charge on any atom is -0.125 e. The third-order valence-corrected chi connectivity index (χ3v) is 15.9. The van der Waals surface area contributed by atoms with Gasteiger partial charge in [0, 0.05) is 14.7 Å². The van der Waals surface area contributed by atoms with E-state index in [1.54, 1.807) is 4.90 Å². The van der Waals surface area contributed by atoms with E-state index in [0.717, 1.165) is 0 Å². The third-order valence-electron chi connectivity index (χ3n) is 12.1. The van der Waals surface area contributed by atoms with E-state index in [4.69, 9.17) is 0 Å². The Kier molecular flexibility index (Phi) is 45.9. The Morgan fingerprint density at radius 2 is 0.456 bits per heavy atom. The maximum absolute atomic E-state index is 3.57. The second kappa shape index (κ2) is 47.3. The highest BCUT2D eigenvalue weighted by molar-refractivity contribution is 8.03. The molecule has 0 nitrogen and oxygen atoms in total. The molecule has 0 aliphatic carbocycles. The number of benzene rings is 1. The van der Waals surface area contributed by atoms with Gasteiger partial charge in [-0.1, -0.05) is 271 Å². The van der Waals surface area contributed by atoms with Gasteiger partial charge in [-0.15, -0.1) is 35.3 Å². The van der Waals surface area contributed by atoms with E-state index in [1.807, 2.05) is 0 Å². The standard InChI is InChI=1S/C54H101S3/c1-4-7-10-13-16-19-22-25-28-31-34-37-40-43-49-55-52-47-46-48-53(56-50-44-41-38-35-32-29-26-23-20-17-14-11-8-5-2)54(52)57-51-45-42-39-36-33-30-27-24-21-18-15-12-9-6-3/h47-48H,4-45,49-51H2,1-3H3. The Hall–Kier alpha value is 0.270. The van der Waals surface area contributed by atoms with Crippen LogP contribution >= 0.6 is 35.3 Å². The summed E-state index contributed by atoms with van der Waals surface area (Å²) >= 11 is 6.43. The smallest absolute Gasteiger partial charge is 0.0345 e. The molecule has 0 amide bonds. The molecule has 0 heterocycles. The van der Waals surface area contributed by atoms with Crippen molar-refractivity contribution in [2.75, 3.05) is 17.3 Å². The third kappa shape index (κ3) is 38.9. The summed E-state index contributed by atoms with van der Waals surface area (Å²) in [5.74, 6) is 3.82. The fourth-order valence-electron chi connectivity index (χ4n) is 8.23. The lowest BCUT2D eigenvalue weighted by molar-refractivity contribution is 0.538. The Morgan fingerprint density at radius 3 is 0.684 bits per heavy atom. The van der Waals surface area contributed by atoms with Gasteiger partial charge in [0.25, 0.3) is 0 Å². The van der Waals surface area contributed by atoms with Crippen molar-refractivity contribution in [3.05, 3.63) is 18.2 Å². The van der Waals surface area contributed by atoms with E-state index >= 15 is 0 Å². The van der Waals surface area contributed by atoms with Crippen LogP contribution in [0.4, 0.5) is 0 Å². The minimum atomic E-state index is 1.27. The Balaban J connectivity index is 2.32. The van der Waals surface area contributed by atoms with Crippen molar-refractivity contribution in [3.8, 4) is 0 Å². The molecule has 0 spiro atoms. The second-order valence-electron chi connectivity index (χ2n) is 17.8. The molecule has 0 aliphatic rings. The summed E-state index contributed by atoms with van der Waals surface area (Å²) in [5, 5.41) is 0. The molecule has 1 aromatic rings. The van der Waals surface area contributed by atoms with Crippen LogP contribution in [-0.2, 0) is 0 Å². The lowest BCUT2D eigenvalue weighted by Gasteiger charge is -2.14. The first-order valence-electron chi connectivity index (χ1n) is 26.3. The summed E-state index contributed by atoms with van der Waals surface area (Å²) in [4.78, 5) is 4.63. The van der Waals surface area contributed by atoms with Crippen LogP contribution in [0, 0.1) is 6.07 Å². The van der Waals surface area contributed by atoms with Crippen molar-refractivity contribution < 1.29 is 0 Å². The van der Waals surface area contributed by atoms with Gasteiger partial charge < -0.3 is 0 Å². The average molecular weight is 847 g/mol. The van der Waals surface area contributed by atoms with Crippen LogP contribution in [0.3, 0.4) is 0 Å². The zero-order valence-electron chi connectivity index (χ0n) is 39.2. The van der Waals surface area contributed by atoms with Gasteiger partial charge in [0.05, 0.1) is 0 Å². The minimum absolute atomic E-state index is 1.27. The molecule has 0 atom stereocenters. The summed E-state index contributed by atoms with van der Waals surface area (Å²) in [6, 6.07) is 8.21. The quantitative estimate of drug-likeness (QED) is 0.0474. The fourth-order valence-corrected chi connectivity index (χ4v) is 11.9. The number of rotatable bonds is 48. The van der Waals surface area contributed by atoms with Crippen molar-refractivity contribution in [2.24, 2.45) is 0 Å². The molecule has 3 heteroatoms. The van der Waals surface area contributed by atoms with E-state index in [2.05, 4.69) is 74.3 Å². The van der Waals surface area contributed by atoms with Crippen LogP contribution in [0.5, 0.6) is 0 Å². The first-order chi connectivity index (χ1) is 28.3. The van der Waals surface area contributed by atoms with E-state index < -0.39 is 0 Å². The molecule has 0 aliphatic heterocycles. The largest absolute Gasteiger partial charge is 0.125 e. The van der Waals surface area contributed by atoms with Gasteiger partial charge in [-0.3, -0.25) is 0 Å². The van der Waals surface area contributed by atoms with Gasteiger partial charge in [-0.05, 0) is 54.7 Å². The van der Waals surface area contributed by atoms with Gasteiger partial charge >= 0.3 is 0 Å². The molecule has 1 aromatic carbocycles. The van der Waals surface area contributed by atoms with Gasteiger partial charge in [-0.25, -0.2) is 0 Å². The molecule has 335 valence electrons. The predicted octanol–water partition coefficient (Wildman–Crippen LogP) is 21.2. The molecule has 0 saturated heterocycles. The summed E-state index contributed by atoms with van der Waals surface area (Å²) in [6.07, 6.45) is 60.5. The lowest BCUT2D eigenvalue weighted by atomic mass is 10.0. The number of unbranched alkanes of at least 4 members (excludes halogenated alkanes) is 39. The molecule has 1 rings (SSSR count). The summed E-state index contributed by atoms with van der Waals surface area (Å²) in [6.45, 7) is 6.95. The lowest BCUT2D eigenvalue weighted by Crippen LogP contribution is -1.91. The van der Waals surface area contributed by atoms with Crippen LogP contribution < -0.4 is 0 Å². The highest BCUT2D eigenvalue weighted by Gasteiger charge is 2.11. The van der Waals surface area contributed by atoms with E-state index in [9.17, 15) is 0 Å². The molecular weight excluding hydrogens is 745 g/mol. The second-order valence-corrected chi connectivity index (χ2v) is 21.2. The average Bonchev–Trinajstić information content (AvgIpc) is 3.22. The number of thioether (sulfide) groups is 3. The predicted molar refractivity (Wildman–Crippen MR) is 268 cm³/mol. The van der Waals surface area contributed by atoms with E-state index in [-0.39, 0.29) is 0 Å². The first-order valence-corrected chi connectivity index (χ1v) is 29.2. The maximum atomic E-state index is 3.57. The normalized spacial score (nSPS) is 11.6. The maximum Gasteiger partial charge on any atom is 0.0345 e. The van der Waals surface area contributed by atoms with Crippen molar-refractivity contribution in [1.29, 1.82) is 0 Å². The molecule has 0 aromatic heterocycles. The van der Waals surface area contributed by atoms with Crippen LogP contribution in [-0.4, -0.2) is 17.3 Å². The molecule has 0 fully saturated rings. The first kappa shape index (κ1) is 55.3. The van der Waals surface area contributed by atoms with Gasteiger partial charge in [0.15, 0.2) is 0 Å². The van der Waals surface area contributed by atoms with E-state index in [1.165, 1.54) is 297 Å².